The van der Waals surface area contributed by atoms with Gasteiger partial charge in [0.05, 0.1) is 13.2 Å². The average molecular weight is 385 g/mol. The summed E-state index contributed by atoms with van der Waals surface area (Å²) in [5.74, 6) is 0.997. The van der Waals surface area contributed by atoms with Crippen LogP contribution in [0.25, 0.3) is 0 Å². The summed E-state index contributed by atoms with van der Waals surface area (Å²) in [4.78, 5) is 21.4. The van der Waals surface area contributed by atoms with E-state index in [1.807, 2.05) is 6.07 Å². The fourth-order valence-corrected chi connectivity index (χ4v) is 3.85. The van der Waals surface area contributed by atoms with Crippen molar-refractivity contribution in [3.05, 3.63) is 47.6 Å². The molecule has 1 unspecified atom stereocenters. The van der Waals surface area contributed by atoms with Crippen molar-refractivity contribution < 1.29 is 14.1 Å². The summed E-state index contributed by atoms with van der Waals surface area (Å²) in [6.45, 7) is 6.11. The number of hydrogen-bond donors (Lipinski definition) is 1. The zero-order chi connectivity index (χ0) is 19.3. The Kier molecular flexibility index (Phi) is 5.87. The second-order valence-electron chi connectivity index (χ2n) is 7.44. The summed E-state index contributed by atoms with van der Waals surface area (Å²) in [6.07, 6.45) is 1.91. The Labute approximate surface area is 164 Å². The first kappa shape index (κ1) is 18.9. The lowest BCUT2D eigenvalue weighted by Gasteiger charge is -2.37. The first-order chi connectivity index (χ1) is 13.7. The predicted molar refractivity (Wildman–Crippen MR) is 103 cm³/mol. The van der Waals surface area contributed by atoms with E-state index in [9.17, 15) is 4.79 Å². The van der Waals surface area contributed by atoms with Gasteiger partial charge in [-0.3, -0.25) is 4.90 Å². The lowest BCUT2D eigenvalue weighted by Crippen LogP contribution is -2.53. The number of carbonyl (C=O) groups excluding carboxylic acids is 1. The zero-order valence-corrected chi connectivity index (χ0v) is 16.2. The molecule has 0 saturated carbocycles. The van der Waals surface area contributed by atoms with Gasteiger partial charge in [-0.2, -0.15) is 4.98 Å². The van der Waals surface area contributed by atoms with Crippen molar-refractivity contribution in [2.24, 2.45) is 0 Å². The molecule has 1 atom stereocenters. The number of ether oxygens (including phenoxy) is 1. The van der Waals surface area contributed by atoms with Gasteiger partial charge in [-0.1, -0.05) is 35.5 Å². The third-order valence-corrected chi connectivity index (χ3v) is 5.39. The number of nitrogens with one attached hydrogen (secondary N) is 1. The molecule has 0 spiro atoms. The van der Waals surface area contributed by atoms with Crippen molar-refractivity contribution in [2.45, 2.75) is 38.4 Å². The number of aryl methyl sites for hydroxylation is 1. The molecule has 1 aromatic carbocycles. The first-order valence-corrected chi connectivity index (χ1v) is 9.90. The van der Waals surface area contributed by atoms with Crippen molar-refractivity contribution >= 4 is 6.03 Å². The summed E-state index contributed by atoms with van der Waals surface area (Å²) in [5, 5.41) is 7.17. The highest BCUT2D eigenvalue weighted by Gasteiger charge is 2.33. The van der Waals surface area contributed by atoms with Crippen LogP contribution in [-0.4, -0.2) is 64.9 Å². The SMILES string of the molecule is Cc1nc(C2COCCN2C(=O)NC2CCN(Cc3ccccc3)CC2)no1. The average Bonchev–Trinajstić information content (AvgIpc) is 3.16. The van der Waals surface area contributed by atoms with Crippen LogP contribution in [-0.2, 0) is 11.3 Å². The van der Waals surface area contributed by atoms with Gasteiger partial charge in [0.2, 0.25) is 5.89 Å². The van der Waals surface area contributed by atoms with Crippen LogP contribution in [0.4, 0.5) is 4.79 Å². The molecule has 1 aromatic heterocycles. The molecule has 0 aliphatic carbocycles. The molecule has 1 N–H and O–H groups in total. The molecule has 8 nitrogen and oxygen atoms in total. The highest BCUT2D eigenvalue weighted by Crippen LogP contribution is 2.22. The Balaban J connectivity index is 1.30. The monoisotopic (exact) mass is 385 g/mol. The molecule has 2 saturated heterocycles. The molecule has 0 radical (unpaired) electrons. The number of hydrogen-bond acceptors (Lipinski definition) is 6. The van der Waals surface area contributed by atoms with Crippen LogP contribution in [0, 0.1) is 6.92 Å². The maximum absolute atomic E-state index is 12.9. The quantitative estimate of drug-likeness (QED) is 0.868. The molecular weight excluding hydrogens is 358 g/mol. The molecule has 0 bridgehead atoms. The highest BCUT2D eigenvalue weighted by molar-refractivity contribution is 5.75. The number of piperidine rings is 1. The van der Waals surface area contributed by atoms with Gasteiger partial charge < -0.3 is 19.5 Å². The Morgan fingerprint density at radius 2 is 2.00 bits per heavy atom. The standard InChI is InChI=1S/C20H27N5O3/c1-15-21-19(23-28-15)18-14-27-12-11-25(18)20(26)22-17-7-9-24(10-8-17)13-16-5-3-2-4-6-16/h2-6,17-18H,7-14H2,1H3,(H,22,26). The number of carbonyl (C=O) groups is 1. The van der Waals surface area contributed by atoms with Crippen LogP contribution in [0.2, 0.25) is 0 Å². The lowest BCUT2D eigenvalue weighted by molar-refractivity contribution is 0.00677. The summed E-state index contributed by atoms with van der Waals surface area (Å²) >= 11 is 0. The predicted octanol–water partition coefficient (Wildman–Crippen LogP) is 2.13. The summed E-state index contributed by atoms with van der Waals surface area (Å²) in [7, 11) is 0. The molecule has 8 heteroatoms. The van der Waals surface area contributed by atoms with Gasteiger partial charge in [0.25, 0.3) is 0 Å². The number of rotatable bonds is 4. The van der Waals surface area contributed by atoms with Gasteiger partial charge in [0.1, 0.15) is 6.04 Å². The van der Waals surface area contributed by atoms with E-state index < -0.39 is 0 Å². The van der Waals surface area contributed by atoms with Gasteiger partial charge >= 0.3 is 6.03 Å². The molecule has 28 heavy (non-hydrogen) atoms. The Morgan fingerprint density at radius 3 is 2.71 bits per heavy atom. The molecule has 3 heterocycles. The maximum atomic E-state index is 12.9. The Hall–Kier alpha value is -2.45. The van der Waals surface area contributed by atoms with Crippen molar-refractivity contribution in [1.29, 1.82) is 0 Å². The van der Waals surface area contributed by atoms with E-state index in [2.05, 4.69) is 44.6 Å². The van der Waals surface area contributed by atoms with E-state index in [1.54, 1.807) is 11.8 Å². The highest BCUT2D eigenvalue weighted by atomic mass is 16.5. The normalized spacial score (nSPS) is 21.6. The van der Waals surface area contributed by atoms with E-state index in [0.717, 1.165) is 32.5 Å². The van der Waals surface area contributed by atoms with E-state index in [1.165, 1.54) is 5.56 Å². The Bertz CT molecular complexity index is 773. The van der Waals surface area contributed by atoms with E-state index in [-0.39, 0.29) is 18.1 Å². The molecule has 4 rings (SSSR count). The number of morpholine rings is 1. The van der Waals surface area contributed by atoms with Gasteiger partial charge in [0, 0.05) is 39.1 Å². The minimum Gasteiger partial charge on any atom is -0.377 e. The van der Waals surface area contributed by atoms with Gasteiger partial charge in [-0.25, -0.2) is 4.79 Å². The van der Waals surface area contributed by atoms with E-state index in [0.29, 0.717) is 31.5 Å². The van der Waals surface area contributed by atoms with Gasteiger partial charge in [-0.15, -0.1) is 0 Å². The third kappa shape index (κ3) is 4.51. The number of amides is 2. The summed E-state index contributed by atoms with van der Waals surface area (Å²) in [5.41, 5.74) is 1.33. The number of benzene rings is 1. The van der Waals surface area contributed by atoms with Crippen molar-refractivity contribution in [3.63, 3.8) is 0 Å². The second kappa shape index (κ2) is 8.70. The second-order valence-corrected chi connectivity index (χ2v) is 7.44. The Morgan fingerprint density at radius 1 is 1.21 bits per heavy atom. The summed E-state index contributed by atoms with van der Waals surface area (Å²) < 4.78 is 10.6. The largest absolute Gasteiger partial charge is 0.377 e. The lowest BCUT2D eigenvalue weighted by atomic mass is 10.0. The molecular formula is C20H27N5O3. The van der Waals surface area contributed by atoms with Crippen LogP contribution in [0.3, 0.4) is 0 Å². The first-order valence-electron chi connectivity index (χ1n) is 9.90. The maximum Gasteiger partial charge on any atom is 0.318 e. The van der Waals surface area contributed by atoms with Gasteiger partial charge in [-0.05, 0) is 18.4 Å². The number of nitrogens with zero attached hydrogens (tertiary/aromatic N) is 4. The van der Waals surface area contributed by atoms with E-state index in [4.69, 9.17) is 9.26 Å². The minimum absolute atomic E-state index is 0.0720. The molecule has 150 valence electrons. The molecule has 2 aromatic rings. The van der Waals surface area contributed by atoms with Crippen LogP contribution >= 0.6 is 0 Å². The fourth-order valence-electron chi connectivity index (χ4n) is 3.85. The van der Waals surface area contributed by atoms with E-state index >= 15 is 0 Å². The van der Waals surface area contributed by atoms with Crippen LogP contribution < -0.4 is 5.32 Å². The van der Waals surface area contributed by atoms with Crippen LogP contribution in [0.5, 0.6) is 0 Å². The van der Waals surface area contributed by atoms with Crippen LogP contribution in [0.1, 0.15) is 36.2 Å². The molecule has 2 fully saturated rings. The molecule has 2 aliphatic rings. The number of aromatic nitrogens is 2. The van der Waals surface area contributed by atoms with Gasteiger partial charge in [0.15, 0.2) is 5.82 Å². The topological polar surface area (TPSA) is 83.7 Å². The number of likely N-dealkylation sites (tertiary alicyclic amines) is 1. The molecule has 2 aliphatic heterocycles. The fraction of sp³-hybridized carbons (Fsp3) is 0.550. The summed E-state index contributed by atoms with van der Waals surface area (Å²) in [6, 6.07) is 10.3. The van der Waals surface area contributed by atoms with Crippen molar-refractivity contribution in [2.75, 3.05) is 32.8 Å². The third-order valence-electron chi connectivity index (χ3n) is 5.39. The number of urea groups is 1. The molecule has 2 amide bonds. The minimum atomic E-state index is -0.302. The smallest absolute Gasteiger partial charge is 0.318 e. The van der Waals surface area contributed by atoms with Crippen molar-refractivity contribution in [1.82, 2.24) is 25.3 Å². The zero-order valence-electron chi connectivity index (χ0n) is 16.2. The van der Waals surface area contributed by atoms with Crippen molar-refractivity contribution in [3.8, 4) is 0 Å². The van der Waals surface area contributed by atoms with Crippen LogP contribution in [0.15, 0.2) is 34.9 Å².